The quantitative estimate of drug-likeness (QED) is 0.118. The minimum absolute atomic E-state index is 0.251. The first kappa shape index (κ1) is 27.5. The molecule has 0 rings (SSSR count). The van der Waals surface area contributed by atoms with Crippen molar-refractivity contribution in [2.24, 2.45) is 5.73 Å². The molecule has 0 aliphatic rings. The van der Waals surface area contributed by atoms with E-state index < -0.39 is 72.6 Å². The summed E-state index contributed by atoms with van der Waals surface area (Å²) in [6.45, 7) is 0. The molecular formula is C15H24N4O9S2. The van der Waals surface area contributed by atoms with Crippen molar-refractivity contribution in [3.63, 3.8) is 0 Å². The fourth-order valence-corrected chi connectivity index (χ4v) is 2.52. The van der Waals surface area contributed by atoms with Crippen molar-refractivity contribution in [3.8, 4) is 0 Å². The van der Waals surface area contributed by atoms with Crippen LogP contribution in [0.15, 0.2) is 0 Å². The van der Waals surface area contributed by atoms with E-state index in [1.54, 1.807) is 0 Å². The number of carbonyl (C=O) groups excluding carboxylic acids is 3. The molecule has 0 aliphatic carbocycles. The number of nitrogens with two attached hydrogens (primary N) is 1. The topological polar surface area (TPSA) is 225 Å². The molecule has 0 fully saturated rings. The van der Waals surface area contributed by atoms with E-state index in [0.29, 0.717) is 0 Å². The normalized spacial score (nSPS) is 14.5. The van der Waals surface area contributed by atoms with Crippen molar-refractivity contribution in [1.29, 1.82) is 0 Å². The van der Waals surface area contributed by atoms with Gasteiger partial charge in [0.05, 0.1) is 12.5 Å². The second-order valence-electron chi connectivity index (χ2n) is 6.02. The van der Waals surface area contributed by atoms with Crippen molar-refractivity contribution in [1.82, 2.24) is 16.0 Å². The van der Waals surface area contributed by atoms with Crippen molar-refractivity contribution < 1.29 is 44.1 Å². The fraction of sp³-hybridized carbons (Fsp3) is 0.600. The van der Waals surface area contributed by atoms with Gasteiger partial charge in [-0.25, -0.2) is 4.79 Å². The number of carboxylic acids is 3. The predicted molar refractivity (Wildman–Crippen MR) is 108 cm³/mol. The summed E-state index contributed by atoms with van der Waals surface area (Å²) in [5.41, 5.74) is 5.41. The van der Waals surface area contributed by atoms with Gasteiger partial charge in [0.2, 0.25) is 17.7 Å². The maximum atomic E-state index is 12.4. The highest BCUT2D eigenvalue weighted by atomic mass is 32.1. The Hall–Kier alpha value is -2.52. The van der Waals surface area contributed by atoms with Crippen molar-refractivity contribution in [2.75, 3.05) is 11.5 Å². The van der Waals surface area contributed by atoms with Gasteiger partial charge in [0.25, 0.3) is 0 Å². The number of hydrogen-bond acceptors (Lipinski definition) is 9. The molecule has 170 valence electrons. The van der Waals surface area contributed by atoms with Gasteiger partial charge in [0, 0.05) is 17.9 Å². The first-order chi connectivity index (χ1) is 13.9. The van der Waals surface area contributed by atoms with Crippen molar-refractivity contribution >= 4 is 60.9 Å². The van der Waals surface area contributed by atoms with Crippen LogP contribution in [0.3, 0.4) is 0 Å². The van der Waals surface area contributed by atoms with E-state index in [4.69, 9.17) is 21.1 Å². The van der Waals surface area contributed by atoms with E-state index in [0.717, 1.165) is 0 Å². The molecule has 0 heterocycles. The average molecular weight is 469 g/mol. The molecule has 0 saturated heterocycles. The number of hydrogen-bond donors (Lipinski definition) is 9. The van der Waals surface area contributed by atoms with Crippen LogP contribution in [0, 0.1) is 0 Å². The number of carbonyl (C=O) groups is 6. The SMILES string of the molecule is NC(CC(=O)O)C(=O)NC(CS)C(=O)NC(CCC(=O)O)C(=O)NC(CS)C(=O)O. The zero-order chi connectivity index (χ0) is 23.4. The third-order valence-electron chi connectivity index (χ3n) is 3.62. The molecule has 4 atom stereocenters. The molecule has 0 radical (unpaired) electrons. The van der Waals surface area contributed by atoms with Crippen LogP contribution in [0.4, 0.5) is 0 Å². The summed E-state index contributed by atoms with van der Waals surface area (Å²) < 4.78 is 0. The molecule has 0 aromatic heterocycles. The molecule has 13 nitrogen and oxygen atoms in total. The highest BCUT2D eigenvalue weighted by Crippen LogP contribution is 2.02. The van der Waals surface area contributed by atoms with Crippen LogP contribution in [0.5, 0.6) is 0 Å². The molecule has 0 spiro atoms. The molecule has 15 heteroatoms. The predicted octanol–water partition coefficient (Wildman–Crippen LogP) is -2.95. The van der Waals surface area contributed by atoms with Gasteiger partial charge in [-0.05, 0) is 6.42 Å². The lowest BCUT2D eigenvalue weighted by Gasteiger charge is -2.24. The van der Waals surface area contributed by atoms with Gasteiger partial charge in [0.1, 0.15) is 18.1 Å². The van der Waals surface area contributed by atoms with Gasteiger partial charge in [-0.2, -0.15) is 25.3 Å². The molecular weight excluding hydrogens is 444 g/mol. The lowest BCUT2D eigenvalue weighted by atomic mass is 10.1. The summed E-state index contributed by atoms with van der Waals surface area (Å²) in [6, 6.07) is -5.56. The molecule has 0 saturated carbocycles. The first-order valence-electron chi connectivity index (χ1n) is 8.47. The molecule has 4 unspecified atom stereocenters. The minimum atomic E-state index is -1.43. The average Bonchev–Trinajstić information content (AvgIpc) is 2.65. The summed E-state index contributed by atoms with van der Waals surface area (Å²) in [4.78, 5) is 69.1. The Morgan fingerprint density at radius 1 is 0.733 bits per heavy atom. The maximum Gasteiger partial charge on any atom is 0.327 e. The Balaban J connectivity index is 5.23. The van der Waals surface area contributed by atoms with Gasteiger partial charge < -0.3 is 37.0 Å². The minimum Gasteiger partial charge on any atom is -0.481 e. The van der Waals surface area contributed by atoms with Crippen LogP contribution in [-0.2, 0) is 28.8 Å². The van der Waals surface area contributed by atoms with Gasteiger partial charge in [-0.1, -0.05) is 0 Å². The van der Waals surface area contributed by atoms with E-state index in [1.165, 1.54) is 0 Å². The van der Waals surface area contributed by atoms with E-state index in [9.17, 15) is 28.8 Å². The molecule has 0 aromatic carbocycles. The van der Waals surface area contributed by atoms with E-state index in [1.807, 2.05) is 0 Å². The summed E-state index contributed by atoms with van der Waals surface area (Å²) in [5.74, 6) is -7.30. The fourth-order valence-electron chi connectivity index (χ4n) is 2.02. The van der Waals surface area contributed by atoms with E-state index in [-0.39, 0.29) is 17.9 Å². The lowest BCUT2D eigenvalue weighted by Crippen LogP contribution is -2.58. The monoisotopic (exact) mass is 468 g/mol. The lowest BCUT2D eigenvalue weighted by molar-refractivity contribution is -0.142. The third kappa shape index (κ3) is 10.3. The standard InChI is InChI=1S/C15H24N4O9S2/c16-6(3-11(22)23)12(24)18-8(4-29)14(26)17-7(1-2-10(20)21)13(25)19-9(5-30)15(27)28/h6-9,29-30H,1-5,16H2,(H,17,26)(H,18,24)(H,19,25)(H,20,21)(H,22,23)(H,27,28). The zero-order valence-electron chi connectivity index (χ0n) is 15.6. The van der Waals surface area contributed by atoms with E-state index >= 15 is 0 Å². The Morgan fingerprint density at radius 2 is 1.20 bits per heavy atom. The summed E-state index contributed by atoms with van der Waals surface area (Å²) in [7, 11) is 0. The summed E-state index contributed by atoms with van der Waals surface area (Å²) in [5, 5.41) is 33.0. The third-order valence-corrected chi connectivity index (χ3v) is 4.35. The number of carboxylic acid groups (broad SMARTS) is 3. The van der Waals surface area contributed by atoms with Gasteiger partial charge in [-0.3, -0.25) is 24.0 Å². The van der Waals surface area contributed by atoms with Crippen LogP contribution in [-0.4, -0.2) is 86.6 Å². The number of amides is 3. The van der Waals surface area contributed by atoms with Crippen LogP contribution in [0.2, 0.25) is 0 Å². The maximum absolute atomic E-state index is 12.4. The molecule has 0 aliphatic heterocycles. The number of rotatable bonds is 14. The first-order valence-corrected chi connectivity index (χ1v) is 9.74. The second kappa shape index (κ2) is 13.7. The highest BCUT2D eigenvalue weighted by Gasteiger charge is 2.30. The number of nitrogens with one attached hydrogen (secondary N) is 3. The van der Waals surface area contributed by atoms with Crippen LogP contribution in [0.1, 0.15) is 19.3 Å². The Morgan fingerprint density at radius 3 is 1.63 bits per heavy atom. The Bertz CT molecular complexity index is 676. The number of thiol groups is 2. The largest absolute Gasteiger partial charge is 0.481 e. The van der Waals surface area contributed by atoms with Gasteiger partial charge >= 0.3 is 17.9 Å². The van der Waals surface area contributed by atoms with Gasteiger partial charge in [0.15, 0.2) is 0 Å². The van der Waals surface area contributed by atoms with Crippen LogP contribution < -0.4 is 21.7 Å². The smallest absolute Gasteiger partial charge is 0.327 e. The van der Waals surface area contributed by atoms with E-state index in [2.05, 4.69) is 41.2 Å². The van der Waals surface area contributed by atoms with Crippen LogP contribution in [0.25, 0.3) is 0 Å². The van der Waals surface area contributed by atoms with Gasteiger partial charge in [-0.15, -0.1) is 0 Å². The Kier molecular flexibility index (Phi) is 12.5. The number of aliphatic carboxylic acids is 3. The molecule has 3 amide bonds. The molecule has 0 bridgehead atoms. The van der Waals surface area contributed by atoms with Crippen LogP contribution >= 0.6 is 25.3 Å². The zero-order valence-corrected chi connectivity index (χ0v) is 17.4. The van der Waals surface area contributed by atoms with Crippen molar-refractivity contribution in [2.45, 2.75) is 43.4 Å². The molecule has 30 heavy (non-hydrogen) atoms. The summed E-state index contributed by atoms with van der Waals surface area (Å²) >= 11 is 7.70. The Labute approximate surface area is 181 Å². The highest BCUT2D eigenvalue weighted by molar-refractivity contribution is 7.80. The molecule has 8 N–H and O–H groups in total. The van der Waals surface area contributed by atoms with Crippen molar-refractivity contribution in [3.05, 3.63) is 0 Å². The summed E-state index contributed by atoms with van der Waals surface area (Å²) in [6.07, 6.45) is -1.56. The second-order valence-corrected chi connectivity index (χ2v) is 6.75. The molecule has 0 aromatic rings.